The van der Waals surface area contributed by atoms with Crippen LogP contribution in [-0.4, -0.2) is 66.6 Å². The van der Waals surface area contributed by atoms with Gasteiger partial charge in [0.05, 0.1) is 66.5 Å². The molecule has 1 fully saturated rings. The van der Waals surface area contributed by atoms with Crippen molar-refractivity contribution in [3.63, 3.8) is 0 Å². The Hall–Kier alpha value is -4.06. The number of morpholine rings is 1. The van der Waals surface area contributed by atoms with Crippen LogP contribution in [0.3, 0.4) is 0 Å². The lowest BCUT2D eigenvalue weighted by atomic mass is 10.0. The first-order valence-electron chi connectivity index (χ1n) is 10.8. The predicted molar refractivity (Wildman–Crippen MR) is 117 cm³/mol. The summed E-state index contributed by atoms with van der Waals surface area (Å²) in [5.41, 5.74) is 0.873. The zero-order valence-corrected chi connectivity index (χ0v) is 18.3. The third-order valence-electron chi connectivity index (χ3n) is 5.71. The summed E-state index contributed by atoms with van der Waals surface area (Å²) < 4.78 is 45.7. The zero-order chi connectivity index (χ0) is 24.4. The Morgan fingerprint density at radius 1 is 0.971 bits per heavy atom. The average Bonchev–Trinajstić information content (AvgIpc) is 3.58. The number of nitrogens with zero attached hydrogens (tertiary/aromatic N) is 7. The Balaban J connectivity index is 1.45. The van der Waals surface area contributed by atoms with E-state index >= 15 is 0 Å². The second-order valence-electron chi connectivity index (χ2n) is 7.97. The van der Waals surface area contributed by atoms with Crippen molar-refractivity contribution in [3.05, 3.63) is 83.9 Å². The molecule has 1 aliphatic rings. The van der Waals surface area contributed by atoms with E-state index in [0.29, 0.717) is 26.2 Å². The van der Waals surface area contributed by atoms with Crippen LogP contribution in [-0.2, 0) is 17.3 Å². The summed E-state index contributed by atoms with van der Waals surface area (Å²) in [4.78, 5) is 17.8. The monoisotopic (exact) mass is 483 g/mol. The largest absolute Gasteiger partial charge is 0.416 e. The van der Waals surface area contributed by atoms with Crippen LogP contribution in [0.15, 0.2) is 67.3 Å². The van der Waals surface area contributed by atoms with Crippen LogP contribution in [0.2, 0.25) is 0 Å². The number of hydrogen-bond donors (Lipinski definition) is 0. The number of aromatic nitrogens is 6. The molecule has 0 saturated carbocycles. The van der Waals surface area contributed by atoms with Crippen molar-refractivity contribution in [2.24, 2.45) is 0 Å². The Labute approximate surface area is 197 Å². The number of alkyl halides is 3. The van der Waals surface area contributed by atoms with Crippen LogP contribution in [0.4, 0.5) is 13.2 Å². The summed E-state index contributed by atoms with van der Waals surface area (Å²) in [5.74, 6) is -0.413. The summed E-state index contributed by atoms with van der Waals surface area (Å²) in [6.07, 6.45) is 1.76. The molecule has 1 aliphatic heterocycles. The molecular formula is C23H20F3N7O2. The number of amides is 1. The molecule has 0 bridgehead atoms. The normalized spacial score (nSPS) is 16.4. The molecule has 12 heteroatoms. The molecular weight excluding hydrogens is 463 g/mol. The van der Waals surface area contributed by atoms with E-state index in [1.807, 2.05) is 24.3 Å². The van der Waals surface area contributed by atoms with Gasteiger partial charge in [0.15, 0.2) is 0 Å². The molecule has 5 rings (SSSR count). The summed E-state index contributed by atoms with van der Waals surface area (Å²) in [7, 11) is 0. The van der Waals surface area contributed by atoms with Gasteiger partial charge in [0.1, 0.15) is 0 Å². The van der Waals surface area contributed by atoms with Gasteiger partial charge in [0.2, 0.25) is 0 Å². The van der Waals surface area contributed by atoms with Gasteiger partial charge < -0.3 is 9.64 Å². The third kappa shape index (κ3) is 4.78. The smallest absolute Gasteiger partial charge is 0.377 e. The van der Waals surface area contributed by atoms with Gasteiger partial charge in [-0.1, -0.05) is 12.1 Å². The highest BCUT2D eigenvalue weighted by Gasteiger charge is 2.34. The van der Waals surface area contributed by atoms with Gasteiger partial charge in [-0.2, -0.15) is 43.2 Å². The molecule has 180 valence electrons. The van der Waals surface area contributed by atoms with Crippen molar-refractivity contribution in [3.8, 4) is 11.4 Å². The first kappa shape index (κ1) is 22.7. The van der Waals surface area contributed by atoms with E-state index < -0.39 is 17.6 Å². The van der Waals surface area contributed by atoms with Crippen molar-refractivity contribution in [1.29, 1.82) is 0 Å². The summed E-state index contributed by atoms with van der Waals surface area (Å²) >= 11 is 0. The van der Waals surface area contributed by atoms with E-state index in [1.165, 1.54) is 23.3 Å². The van der Waals surface area contributed by atoms with Crippen LogP contribution in [0.25, 0.3) is 11.4 Å². The number of ether oxygens (including phenoxy) is 1. The molecule has 1 amide bonds. The van der Waals surface area contributed by atoms with E-state index in [-0.39, 0.29) is 17.3 Å². The molecule has 2 aromatic carbocycles. The second kappa shape index (κ2) is 9.29. The molecule has 2 aromatic heterocycles. The van der Waals surface area contributed by atoms with E-state index in [4.69, 9.17) is 4.74 Å². The highest BCUT2D eigenvalue weighted by atomic mass is 19.4. The van der Waals surface area contributed by atoms with Crippen molar-refractivity contribution in [2.45, 2.75) is 18.6 Å². The molecule has 4 aromatic rings. The molecule has 0 unspecified atom stereocenters. The quantitative estimate of drug-likeness (QED) is 0.434. The van der Waals surface area contributed by atoms with Gasteiger partial charge >= 0.3 is 6.18 Å². The molecule has 0 N–H and O–H groups in total. The predicted octanol–water partition coefficient (Wildman–Crippen LogP) is 2.95. The van der Waals surface area contributed by atoms with E-state index in [2.05, 4.69) is 20.4 Å². The molecule has 0 radical (unpaired) electrons. The van der Waals surface area contributed by atoms with Gasteiger partial charge in [-0.3, -0.25) is 4.79 Å². The topological polar surface area (TPSA) is 91.0 Å². The Morgan fingerprint density at radius 2 is 1.69 bits per heavy atom. The minimum Gasteiger partial charge on any atom is -0.377 e. The fraction of sp³-hybridized carbons (Fsp3) is 0.261. The molecule has 1 atom stereocenters. The molecule has 0 aliphatic carbocycles. The maximum atomic E-state index is 13.6. The number of carbonyl (C=O) groups excluding carboxylic acids is 1. The molecule has 9 nitrogen and oxygen atoms in total. The fourth-order valence-corrected chi connectivity index (χ4v) is 4.07. The van der Waals surface area contributed by atoms with Crippen LogP contribution in [0.5, 0.6) is 0 Å². The van der Waals surface area contributed by atoms with Gasteiger partial charge in [-0.25, -0.2) is 0 Å². The summed E-state index contributed by atoms with van der Waals surface area (Å²) in [6.45, 7) is 0.929. The lowest BCUT2D eigenvalue weighted by molar-refractivity contribution is -0.137. The summed E-state index contributed by atoms with van der Waals surface area (Å²) in [6, 6.07) is 10.3. The van der Waals surface area contributed by atoms with E-state index in [0.717, 1.165) is 28.2 Å². The molecule has 1 saturated heterocycles. The van der Waals surface area contributed by atoms with Gasteiger partial charge in [-0.15, -0.1) is 0 Å². The average molecular weight is 483 g/mol. The molecule has 0 spiro atoms. The van der Waals surface area contributed by atoms with Crippen LogP contribution >= 0.6 is 0 Å². The van der Waals surface area contributed by atoms with E-state index in [1.54, 1.807) is 17.3 Å². The summed E-state index contributed by atoms with van der Waals surface area (Å²) in [5, 5.41) is 16.2. The second-order valence-corrected chi connectivity index (χ2v) is 7.97. The number of benzene rings is 2. The van der Waals surface area contributed by atoms with Crippen LogP contribution in [0, 0.1) is 0 Å². The Morgan fingerprint density at radius 3 is 2.40 bits per heavy atom. The highest BCUT2D eigenvalue weighted by Crippen LogP contribution is 2.32. The lowest BCUT2D eigenvalue weighted by Gasteiger charge is -2.36. The third-order valence-corrected chi connectivity index (χ3v) is 5.71. The fourth-order valence-electron chi connectivity index (χ4n) is 4.07. The van der Waals surface area contributed by atoms with E-state index in [9.17, 15) is 18.0 Å². The SMILES string of the molecule is O=C(c1ccc(C(F)(F)F)cc1-n1nccn1)N1CCOC[C@H]1Cc1cccc(-n2nccn2)c1. The first-order chi connectivity index (χ1) is 16.9. The number of hydrogen-bond acceptors (Lipinski definition) is 6. The van der Waals surface area contributed by atoms with Crippen molar-refractivity contribution in [2.75, 3.05) is 19.8 Å². The Bertz CT molecular complexity index is 1310. The van der Waals surface area contributed by atoms with Crippen molar-refractivity contribution < 1.29 is 22.7 Å². The Kier molecular flexibility index (Phi) is 6.03. The van der Waals surface area contributed by atoms with Gasteiger partial charge in [-0.05, 0) is 42.3 Å². The van der Waals surface area contributed by atoms with Crippen molar-refractivity contribution in [1.82, 2.24) is 34.9 Å². The first-order valence-corrected chi connectivity index (χ1v) is 10.8. The molecule has 3 heterocycles. The molecule has 35 heavy (non-hydrogen) atoms. The maximum Gasteiger partial charge on any atom is 0.416 e. The van der Waals surface area contributed by atoms with Crippen molar-refractivity contribution >= 4 is 5.91 Å². The minimum absolute atomic E-state index is 0.0354. The van der Waals surface area contributed by atoms with Crippen LogP contribution in [0.1, 0.15) is 21.5 Å². The number of carbonyl (C=O) groups is 1. The zero-order valence-electron chi connectivity index (χ0n) is 18.3. The standard InChI is InChI=1S/C23H20F3N7O2/c24-23(25,26)17-4-5-20(21(14-17)33-29-8-9-30-33)22(34)31-10-11-35-15-19(31)13-16-2-1-3-18(12-16)32-27-6-7-28-32/h1-9,12,14,19H,10-11,13,15H2/t19-/m1/s1. The van der Waals surface area contributed by atoms with Gasteiger partial charge in [0, 0.05) is 6.54 Å². The lowest BCUT2D eigenvalue weighted by Crippen LogP contribution is -2.50. The van der Waals surface area contributed by atoms with Gasteiger partial charge in [0.25, 0.3) is 5.91 Å². The minimum atomic E-state index is -4.57. The van der Waals surface area contributed by atoms with Crippen LogP contribution < -0.4 is 0 Å². The highest BCUT2D eigenvalue weighted by molar-refractivity contribution is 5.98. The number of rotatable bonds is 5. The number of halogens is 3. The maximum absolute atomic E-state index is 13.6.